The molecule has 0 aromatic heterocycles. The third kappa shape index (κ3) is 3.52. The van der Waals surface area contributed by atoms with Crippen LogP contribution in [0.4, 0.5) is 5.69 Å². The van der Waals surface area contributed by atoms with Gasteiger partial charge in [-0.15, -0.1) is 0 Å². The van der Waals surface area contributed by atoms with E-state index in [4.69, 9.17) is 0 Å². The van der Waals surface area contributed by atoms with Crippen molar-refractivity contribution >= 4 is 11.6 Å². The predicted octanol–water partition coefficient (Wildman–Crippen LogP) is 5.29. The number of piperidine rings is 1. The number of nitrogens with zero attached hydrogens (tertiary/aromatic N) is 3. The first-order chi connectivity index (χ1) is 16.6. The van der Waals surface area contributed by atoms with E-state index in [0.717, 1.165) is 61.3 Å². The van der Waals surface area contributed by atoms with E-state index >= 15 is 0 Å². The topological polar surface area (TPSA) is 47.3 Å². The molecule has 3 aromatic carbocycles. The molecule has 1 fully saturated rings. The Morgan fingerprint density at radius 2 is 1.44 bits per heavy atom. The number of para-hydroxylation sites is 1. The molecular formula is C30H31N3O. The molecule has 0 aliphatic carbocycles. The molecule has 1 saturated heterocycles. The molecule has 2 heterocycles. The molecule has 0 bridgehead atoms. The number of carbonyl (C=O) groups is 1. The van der Waals surface area contributed by atoms with E-state index in [1.165, 1.54) is 0 Å². The summed E-state index contributed by atoms with van der Waals surface area (Å²) in [5, 5.41) is 10.1. The van der Waals surface area contributed by atoms with Crippen LogP contribution in [0.25, 0.3) is 0 Å². The molecule has 0 radical (unpaired) electrons. The van der Waals surface area contributed by atoms with Gasteiger partial charge in [0.1, 0.15) is 5.41 Å². The number of likely N-dealkylation sites (N-methyl/N-ethyl adjacent to an activating group) is 1. The molecule has 3 aromatic rings. The van der Waals surface area contributed by atoms with Gasteiger partial charge in [-0.3, -0.25) is 4.79 Å². The highest BCUT2D eigenvalue weighted by Gasteiger charge is 2.51. The lowest BCUT2D eigenvalue weighted by Gasteiger charge is -2.39. The van der Waals surface area contributed by atoms with E-state index in [0.29, 0.717) is 6.54 Å². The Morgan fingerprint density at radius 1 is 0.853 bits per heavy atom. The van der Waals surface area contributed by atoms with E-state index in [-0.39, 0.29) is 5.91 Å². The summed E-state index contributed by atoms with van der Waals surface area (Å²) in [6.45, 7) is 5.26. The highest BCUT2D eigenvalue weighted by atomic mass is 16.2. The lowest BCUT2D eigenvalue weighted by atomic mass is 9.72. The lowest BCUT2D eigenvalue weighted by Crippen LogP contribution is -2.46. The average Bonchev–Trinajstić information content (AvgIpc) is 3.16. The predicted molar refractivity (Wildman–Crippen MR) is 136 cm³/mol. The fourth-order valence-electron chi connectivity index (χ4n) is 5.93. The van der Waals surface area contributed by atoms with Crippen LogP contribution in [0.15, 0.2) is 84.9 Å². The van der Waals surface area contributed by atoms with Crippen LogP contribution >= 0.6 is 0 Å². The highest BCUT2D eigenvalue weighted by Crippen LogP contribution is 2.48. The Bertz CT molecular complexity index is 1190. The Kier molecular flexibility index (Phi) is 5.98. The van der Waals surface area contributed by atoms with Crippen molar-refractivity contribution in [3.8, 4) is 6.07 Å². The molecule has 4 nitrogen and oxygen atoms in total. The van der Waals surface area contributed by atoms with Crippen molar-refractivity contribution in [1.82, 2.24) is 4.90 Å². The van der Waals surface area contributed by atoms with Gasteiger partial charge in [0.05, 0.1) is 11.5 Å². The zero-order chi connectivity index (χ0) is 23.6. The van der Waals surface area contributed by atoms with E-state index < -0.39 is 10.8 Å². The molecule has 172 valence electrons. The van der Waals surface area contributed by atoms with Crippen molar-refractivity contribution in [2.45, 2.75) is 37.0 Å². The van der Waals surface area contributed by atoms with Crippen molar-refractivity contribution in [1.29, 1.82) is 5.26 Å². The number of hydrogen-bond acceptors (Lipinski definition) is 3. The van der Waals surface area contributed by atoms with E-state index in [1.54, 1.807) is 0 Å². The number of benzene rings is 3. The fraction of sp³-hybridized carbons (Fsp3) is 0.333. The van der Waals surface area contributed by atoms with Crippen molar-refractivity contribution in [3.63, 3.8) is 0 Å². The second kappa shape index (κ2) is 9.08. The first kappa shape index (κ1) is 22.4. The summed E-state index contributed by atoms with van der Waals surface area (Å²) < 4.78 is 0. The SMILES string of the molecule is CCN1C(=O)C(CCN2CCC(C#N)(c3ccccc3)CC2)(c2ccccc2)c2ccccc21. The molecular weight excluding hydrogens is 418 g/mol. The van der Waals surface area contributed by atoms with Gasteiger partial charge in [0.25, 0.3) is 0 Å². The first-order valence-corrected chi connectivity index (χ1v) is 12.3. The van der Waals surface area contributed by atoms with Gasteiger partial charge in [-0.25, -0.2) is 0 Å². The number of anilines is 1. The monoisotopic (exact) mass is 449 g/mol. The zero-order valence-corrected chi connectivity index (χ0v) is 19.8. The molecule has 4 heteroatoms. The Balaban J connectivity index is 1.41. The smallest absolute Gasteiger partial charge is 0.242 e. The minimum Gasteiger partial charge on any atom is -0.311 e. The summed E-state index contributed by atoms with van der Waals surface area (Å²) >= 11 is 0. The summed E-state index contributed by atoms with van der Waals surface area (Å²) in [6, 6.07) is 31.4. The number of amides is 1. The van der Waals surface area contributed by atoms with Crippen molar-refractivity contribution in [2.75, 3.05) is 31.1 Å². The molecule has 1 atom stereocenters. The van der Waals surface area contributed by atoms with Crippen molar-refractivity contribution in [2.24, 2.45) is 0 Å². The maximum absolute atomic E-state index is 14.0. The third-order valence-corrected chi connectivity index (χ3v) is 7.90. The van der Waals surface area contributed by atoms with Crippen LogP contribution in [0.5, 0.6) is 0 Å². The van der Waals surface area contributed by atoms with Gasteiger partial charge in [-0.05, 0) is 68.6 Å². The molecule has 2 aliphatic rings. The number of rotatable bonds is 6. The normalized spacial score (nSPS) is 21.8. The van der Waals surface area contributed by atoms with Crippen molar-refractivity contribution < 1.29 is 4.79 Å². The molecule has 0 saturated carbocycles. The summed E-state index contributed by atoms with van der Waals surface area (Å²) in [5.74, 6) is 0.176. The fourth-order valence-corrected chi connectivity index (χ4v) is 5.93. The molecule has 1 unspecified atom stereocenters. The van der Waals surface area contributed by atoms with Gasteiger partial charge in [-0.2, -0.15) is 5.26 Å². The maximum atomic E-state index is 14.0. The summed E-state index contributed by atoms with van der Waals surface area (Å²) in [6.07, 6.45) is 2.36. The second-order valence-corrected chi connectivity index (χ2v) is 9.49. The van der Waals surface area contributed by atoms with Gasteiger partial charge >= 0.3 is 0 Å². The van der Waals surface area contributed by atoms with Crippen LogP contribution in [0.3, 0.4) is 0 Å². The van der Waals surface area contributed by atoms with Crippen LogP contribution in [-0.4, -0.2) is 37.0 Å². The largest absolute Gasteiger partial charge is 0.311 e. The van der Waals surface area contributed by atoms with Crippen LogP contribution in [-0.2, 0) is 15.6 Å². The number of nitriles is 1. The van der Waals surface area contributed by atoms with Gasteiger partial charge in [0.15, 0.2) is 0 Å². The Labute approximate surface area is 202 Å². The lowest BCUT2D eigenvalue weighted by molar-refractivity contribution is -0.122. The van der Waals surface area contributed by atoms with Crippen LogP contribution in [0.1, 0.15) is 42.9 Å². The summed E-state index contributed by atoms with van der Waals surface area (Å²) in [7, 11) is 0. The summed E-state index contributed by atoms with van der Waals surface area (Å²) in [4.78, 5) is 18.4. The summed E-state index contributed by atoms with van der Waals surface area (Å²) in [5.41, 5.74) is 3.25. The number of fused-ring (bicyclic) bond motifs is 1. The zero-order valence-electron chi connectivity index (χ0n) is 19.8. The quantitative estimate of drug-likeness (QED) is 0.514. The average molecular weight is 450 g/mol. The van der Waals surface area contributed by atoms with Gasteiger partial charge in [-0.1, -0.05) is 78.9 Å². The van der Waals surface area contributed by atoms with Gasteiger partial charge < -0.3 is 9.80 Å². The third-order valence-electron chi connectivity index (χ3n) is 7.90. The molecule has 0 spiro atoms. The van der Waals surface area contributed by atoms with Crippen LogP contribution in [0.2, 0.25) is 0 Å². The molecule has 5 rings (SSSR count). The molecule has 0 N–H and O–H groups in total. The molecule has 34 heavy (non-hydrogen) atoms. The first-order valence-electron chi connectivity index (χ1n) is 12.3. The Morgan fingerprint density at radius 3 is 2.06 bits per heavy atom. The van der Waals surface area contributed by atoms with Gasteiger partial charge in [0.2, 0.25) is 5.91 Å². The highest BCUT2D eigenvalue weighted by molar-refractivity contribution is 6.10. The van der Waals surface area contributed by atoms with E-state index in [9.17, 15) is 10.1 Å². The minimum atomic E-state index is -0.670. The maximum Gasteiger partial charge on any atom is 0.242 e. The van der Waals surface area contributed by atoms with Gasteiger partial charge in [0, 0.05) is 12.2 Å². The number of likely N-dealkylation sites (tertiary alicyclic amines) is 1. The number of hydrogen-bond donors (Lipinski definition) is 0. The molecule has 2 aliphatic heterocycles. The number of carbonyl (C=O) groups excluding carboxylic acids is 1. The second-order valence-electron chi connectivity index (χ2n) is 9.49. The van der Waals surface area contributed by atoms with Crippen LogP contribution < -0.4 is 4.90 Å². The minimum absolute atomic E-state index is 0.176. The van der Waals surface area contributed by atoms with Crippen LogP contribution in [0, 0.1) is 11.3 Å². The van der Waals surface area contributed by atoms with Crippen molar-refractivity contribution in [3.05, 3.63) is 102 Å². The Hall–Kier alpha value is -3.42. The van der Waals surface area contributed by atoms with E-state index in [1.807, 2.05) is 60.4 Å². The standard InChI is InChI=1S/C30H31N3O/c1-2-33-27-16-10-9-15-26(27)30(28(33)34,25-13-7-4-8-14-25)19-22-32-20-17-29(23-31,18-21-32)24-11-5-3-6-12-24/h3-16H,2,17-22H2,1H3. The molecule has 1 amide bonds. The van der Waals surface area contributed by atoms with E-state index in [2.05, 4.69) is 47.4 Å².